The first-order valence-corrected chi connectivity index (χ1v) is 6.65. The SMILES string of the molecule is N#Cc1ccc(Br)cc1NC(=O)c1cccc(F)c1Cl. The summed E-state index contributed by atoms with van der Waals surface area (Å²) in [7, 11) is 0. The number of nitrogens with one attached hydrogen (secondary N) is 1. The molecule has 0 spiro atoms. The van der Waals surface area contributed by atoms with E-state index in [0.29, 0.717) is 15.7 Å². The first-order chi connectivity index (χ1) is 9.52. The van der Waals surface area contributed by atoms with Crippen LogP contribution in [0.15, 0.2) is 40.9 Å². The van der Waals surface area contributed by atoms with Gasteiger partial charge in [0, 0.05) is 4.47 Å². The molecule has 6 heteroatoms. The van der Waals surface area contributed by atoms with E-state index in [1.165, 1.54) is 18.2 Å². The molecule has 0 aliphatic heterocycles. The number of anilines is 1. The van der Waals surface area contributed by atoms with Crippen LogP contribution in [0.4, 0.5) is 10.1 Å². The van der Waals surface area contributed by atoms with Gasteiger partial charge in [0.2, 0.25) is 0 Å². The zero-order valence-corrected chi connectivity index (χ0v) is 12.3. The molecule has 20 heavy (non-hydrogen) atoms. The molecule has 0 heterocycles. The minimum Gasteiger partial charge on any atom is -0.321 e. The van der Waals surface area contributed by atoms with E-state index in [4.69, 9.17) is 16.9 Å². The van der Waals surface area contributed by atoms with E-state index in [-0.39, 0.29) is 10.6 Å². The highest BCUT2D eigenvalue weighted by atomic mass is 79.9. The van der Waals surface area contributed by atoms with Gasteiger partial charge in [0.15, 0.2) is 0 Å². The van der Waals surface area contributed by atoms with E-state index in [1.54, 1.807) is 18.2 Å². The lowest BCUT2D eigenvalue weighted by atomic mass is 10.1. The van der Waals surface area contributed by atoms with Crippen molar-refractivity contribution in [2.75, 3.05) is 5.32 Å². The van der Waals surface area contributed by atoms with Crippen LogP contribution in [0, 0.1) is 17.1 Å². The fourth-order valence-corrected chi connectivity index (χ4v) is 2.16. The number of amides is 1. The molecule has 2 rings (SSSR count). The predicted octanol–water partition coefficient (Wildman–Crippen LogP) is 4.37. The van der Waals surface area contributed by atoms with Crippen molar-refractivity contribution in [1.82, 2.24) is 0 Å². The molecule has 1 amide bonds. The van der Waals surface area contributed by atoms with E-state index in [9.17, 15) is 9.18 Å². The standard InChI is InChI=1S/C14H7BrClFN2O/c15-9-5-4-8(7-18)12(6-9)19-14(20)10-2-1-3-11(17)13(10)16/h1-6H,(H,19,20). The molecule has 0 aromatic heterocycles. The van der Waals surface area contributed by atoms with Crippen LogP contribution in [0.5, 0.6) is 0 Å². The van der Waals surface area contributed by atoms with Crippen LogP contribution < -0.4 is 5.32 Å². The number of hydrogen-bond donors (Lipinski definition) is 1. The summed E-state index contributed by atoms with van der Waals surface area (Å²) >= 11 is 9.00. The molecule has 0 bridgehead atoms. The van der Waals surface area contributed by atoms with Crippen LogP contribution in [0.3, 0.4) is 0 Å². The second kappa shape index (κ2) is 6.04. The fourth-order valence-electron chi connectivity index (χ4n) is 1.59. The molecular weight excluding hydrogens is 347 g/mol. The topological polar surface area (TPSA) is 52.9 Å². The molecular formula is C14H7BrClFN2O. The average molecular weight is 354 g/mol. The molecule has 0 aliphatic rings. The van der Waals surface area contributed by atoms with Gasteiger partial charge in [0.25, 0.3) is 5.91 Å². The van der Waals surface area contributed by atoms with Gasteiger partial charge in [0.05, 0.1) is 21.8 Å². The van der Waals surface area contributed by atoms with Crippen molar-refractivity contribution in [2.24, 2.45) is 0 Å². The van der Waals surface area contributed by atoms with Crippen LogP contribution in [0.25, 0.3) is 0 Å². The summed E-state index contributed by atoms with van der Waals surface area (Å²) < 4.78 is 14.0. The van der Waals surface area contributed by atoms with Gasteiger partial charge >= 0.3 is 0 Å². The van der Waals surface area contributed by atoms with E-state index in [2.05, 4.69) is 21.2 Å². The van der Waals surface area contributed by atoms with Gasteiger partial charge in [-0.3, -0.25) is 4.79 Å². The molecule has 0 fully saturated rings. The molecule has 1 N–H and O–H groups in total. The zero-order valence-electron chi connectivity index (χ0n) is 9.95. The van der Waals surface area contributed by atoms with Crippen molar-refractivity contribution in [2.45, 2.75) is 0 Å². The maximum absolute atomic E-state index is 13.3. The van der Waals surface area contributed by atoms with Gasteiger partial charge in [-0.15, -0.1) is 0 Å². The van der Waals surface area contributed by atoms with Crippen molar-refractivity contribution >= 4 is 39.1 Å². The third-order valence-electron chi connectivity index (χ3n) is 2.55. The Balaban J connectivity index is 2.35. The minimum atomic E-state index is -0.672. The third-order valence-corrected chi connectivity index (χ3v) is 3.42. The number of halogens is 3. The molecule has 100 valence electrons. The molecule has 2 aromatic rings. The number of nitriles is 1. The zero-order chi connectivity index (χ0) is 14.7. The summed E-state index contributed by atoms with van der Waals surface area (Å²) in [6.07, 6.45) is 0. The lowest BCUT2D eigenvalue weighted by Crippen LogP contribution is -2.14. The fraction of sp³-hybridized carbons (Fsp3) is 0. The molecule has 0 radical (unpaired) electrons. The highest BCUT2D eigenvalue weighted by Gasteiger charge is 2.15. The highest BCUT2D eigenvalue weighted by Crippen LogP contribution is 2.24. The Morgan fingerprint density at radius 2 is 2.10 bits per heavy atom. The van der Waals surface area contributed by atoms with Crippen LogP contribution in [0.1, 0.15) is 15.9 Å². The second-order valence-corrected chi connectivity index (χ2v) is 5.15. The molecule has 2 aromatic carbocycles. The maximum atomic E-state index is 13.3. The first kappa shape index (κ1) is 14.5. The Morgan fingerprint density at radius 1 is 1.35 bits per heavy atom. The highest BCUT2D eigenvalue weighted by molar-refractivity contribution is 9.10. The average Bonchev–Trinajstić information content (AvgIpc) is 2.42. The quantitative estimate of drug-likeness (QED) is 0.872. The van der Waals surface area contributed by atoms with Gasteiger partial charge in [0.1, 0.15) is 11.9 Å². The number of carbonyl (C=O) groups is 1. The number of nitrogens with zero attached hydrogens (tertiary/aromatic N) is 1. The first-order valence-electron chi connectivity index (χ1n) is 5.48. The summed E-state index contributed by atoms with van der Waals surface area (Å²) in [5.41, 5.74) is 0.636. The van der Waals surface area contributed by atoms with Crippen LogP contribution in [0.2, 0.25) is 5.02 Å². The van der Waals surface area contributed by atoms with Crippen molar-refractivity contribution in [3.63, 3.8) is 0 Å². The van der Waals surface area contributed by atoms with E-state index in [0.717, 1.165) is 0 Å². The smallest absolute Gasteiger partial charge is 0.257 e. The number of rotatable bonds is 2. The maximum Gasteiger partial charge on any atom is 0.257 e. The van der Waals surface area contributed by atoms with Gasteiger partial charge in [-0.1, -0.05) is 33.6 Å². The summed E-state index contributed by atoms with van der Waals surface area (Å²) in [6.45, 7) is 0. The van der Waals surface area contributed by atoms with Crippen LogP contribution in [-0.2, 0) is 0 Å². The van der Waals surface area contributed by atoms with Gasteiger partial charge in [-0.05, 0) is 30.3 Å². The van der Waals surface area contributed by atoms with Crippen molar-refractivity contribution in [3.05, 3.63) is 62.8 Å². The van der Waals surface area contributed by atoms with Crippen LogP contribution >= 0.6 is 27.5 Å². The Kier molecular flexibility index (Phi) is 4.38. The molecule has 0 unspecified atom stereocenters. The lowest BCUT2D eigenvalue weighted by Gasteiger charge is -2.09. The Morgan fingerprint density at radius 3 is 2.80 bits per heavy atom. The number of benzene rings is 2. The summed E-state index contributed by atoms with van der Waals surface area (Å²) in [5.74, 6) is -1.25. The molecule has 3 nitrogen and oxygen atoms in total. The Labute approximate surface area is 128 Å². The Hall–Kier alpha value is -1.90. The Bertz CT molecular complexity index is 728. The van der Waals surface area contributed by atoms with E-state index < -0.39 is 11.7 Å². The van der Waals surface area contributed by atoms with E-state index in [1.807, 2.05) is 6.07 Å². The van der Waals surface area contributed by atoms with Crippen molar-refractivity contribution < 1.29 is 9.18 Å². The molecule has 0 saturated carbocycles. The summed E-state index contributed by atoms with van der Waals surface area (Å²) in [6, 6.07) is 10.8. The van der Waals surface area contributed by atoms with Gasteiger partial charge in [-0.2, -0.15) is 5.26 Å². The lowest BCUT2D eigenvalue weighted by molar-refractivity contribution is 0.102. The molecule has 0 atom stereocenters. The summed E-state index contributed by atoms with van der Waals surface area (Å²) in [4.78, 5) is 12.1. The third kappa shape index (κ3) is 2.98. The van der Waals surface area contributed by atoms with Crippen LogP contribution in [-0.4, -0.2) is 5.91 Å². The summed E-state index contributed by atoms with van der Waals surface area (Å²) in [5, 5.41) is 11.3. The molecule has 0 aliphatic carbocycles. The predicted molar refractivity (Wildman–Crippen MR) is 78.2 cm³/mol. The molecule has 0 saturated heterocycles. The minimum absolute atomic E-state index is 0.00975. The van der Waals surface area contributed by atoms with Crippen molar-refractivity contribution in [1.29, 1.82) is 5.26 Å². The second-order valence-electron chi connectivity index (χ2n) is 3.86. The normalized spacial score (nSPS) is 9.90. The monoisotopic (exact) mass is 352 g/mol. The van der Waals surface area contributed by atoms with E-state index >= 15 is 0 Å². The largest absolute Gasteiger partial charge is 0.321 e. The number of hydrogen-bond acceptors (Lipinski definition) is 2. The van der Waals surface area contributed by atoms with Crippen molar-refractivity contribution in [3.8, 4) is 6.07 Å². The number of carbonyl (C=O) groups excluding carboxylic acids is 1. The van der Waals surface area contributed by atoms with Gasteiger partial charge < -0.3 is 5.32 Å². The van der Waals surface area contributed by atoms with Gasteiger partial charge in [-0.25, -0.2) is 4.39 Å².